The van der Waals surface area contributed by atoms with Crippen molar-refractivity contribution >= 4 is 39.3 Å². The fraction of sp³-hybridized carbons (Fsp3) is 0.404. The van der Waals surface area contributed by atoms with Gasteiger partial charge in [0.25, 0.3) is 0 Å². The van der Waals surface area contributed by atoms with Crippen LogP contribution in [0.15, 0.2) is 115 Å². The van der Waals surface area contributed by atoms with Crippen molar-refractivity contribution in [2.24, 2.45) is 5.73 Å². The molecule has 338 valence electrons. The second-order valence-electron chi connectivity index (χ2n) is 17.0. The van der Waals surface area contributed by atoms with Gasteiger partial charge >= 0.3 is 0 Å². The van der Waals surface area contributed by atoms with Crippen molar-refractivity contribution < 1.29 is 27.5 Å². The number of nitrogens with two attached hydrogens (primary N) is 1. The van der Waals surface area contributed by atoms with Crippen LogP contribution in [0.3, 0.4) is 0 Å². The molecule has 3 atom stereocenters. The third-order valence-electron chi connectivity index (χ3n) is 11.7. The van der Waals surface area contributed by atoms with E-state index in [0.717, 1.165) is 11.1 Å². The number of benzene rings is 3. The number of fused-ring (bicyclic) bond motifs is 2. The molecule has 0 radical (unpaired) electrons. The summed E-state index contributed by atoms with van der Waals surface area (Å²) in [6.07, 6.45) is 4.49. The van der Waals surface area contributed by atoms with E-state index in [1.165, 1.54) is 7.11 Å². The van der Waals surface area contributed by atoms with E-state index >= 15 is 0 Å². The summed E-state index contributed by atoms with van der Waals surface area (Å²) in [7, 11) is -2.54. The Morgan fingerprint density at radius 1 is 0.873 bits per heavy atom. The lowest BCUT2D eigenvalue weighted by Crippen LogP contribution is -2.64. The highest BCUT2D eigenvalue weighted by Crippen LogP contribution is 2.25. The van der Waals surface area contributed by atoms with Crippen LogP contribution < -0.4 is 31.7 Å². The van der Waals surface area contributed by atoms with Crippen molar-refractivity contribution in [2.75, 3.05) is 38.6 Å². The molecule has 3 unspecified atom stereocenters. The Labute approximate surface area is 372 Å². The van der Waals surface area contributed by atoms with E-state index in [9.17, 15) is 22.8 Å². The number of hydrogen-bond donors (Lipinski definition) is 7. The summed E-state index contributed by atoms with van der Waals surface area (Å²) in [6, 6.07) is 21.2. The molecule has 4 heterocycles. The van der Waals surface area contributed by atoms with Gasteiger partial charge in [-0.2, -0.15) is 0 Å². The van der Waals surface area contributed by atoms with Crippen LogP contribution in [0.1, 0.15) is 63.3 Å². The average Bonchev–Trinajstić information content (AvgIpc) is 3.25. The standard InChI is InChI=1S/C47H63N9O6S/c1-8-37-21-14-32(2)28-39(54-63(60,61)31-35-12-10-9-11-13-35)42(57)53-40(43(62-7)50-30-34-15-19-36(20-16-34)41(48)49)29-33-17-22-38(23-18-33)52-45(59)47(5,6)56-26-24-55(25-27-56)46(3,4)44(58)51-37/h8-23,39-40,43,50,54H,2,24-31H2,1,3-7H3,(H3,48,49)(H,51,58)(H,52,59)(H,53,57). The number of rotatable bonds is 10. The molecule has 4 bridgehead atoms. The predicted octanol–water partition coefficient (Wildman–Crippen LogP) is 3.90. The monoisotopic (exact) mass is 881 g/mol. The number of anilines is 1. The van der Waals surface area contributed by atoms with Gasteiger partial charge in [-0.05, 0) is 82.4 Å². The summed E-state index contributed by atoms with van der Waals surface area (Å²) in [5.41, 5.74) is 8.27. The van der Waals surface area contributed by atoms with Crippen LogP contribution in [0.25, 0.3) is 0 Å². The van der Waals surface area contributed by atoms with Crippen molar-refractivity contribution in [3.63, 3.8) is 0 Å². The number of carbonyl (C=O) groups is 3. The number of allylic oxidation sites excluding steroid dienone is 3. The second-order valence-corrected chi connectivity index (χ2v) is 18.8. The average molecular weight is 882 g/mol. The van der Waals surface area contributed by atoms with E-state index in [2.05, 4.69) is 42.4 Å². The number of nitrogens with one attached hydrogen (secondary N) is 6. The first-order chi connectivity index (χ1) is 29.8. The second kappa shape index (κ2) is 21.3. The van der Waals surface area contributed by atoms with Crippen LogP contribution in [-0.2, 0) is 47.9 Å². The number of nitrogen functional groups attached to an aromatic ring is 1. The van der Waals surface area contributed by atoms with E-state index in [4.69, 9.17) is 15.9 Å². The van der Waals surface area contributed by atoms with Gasteiger partial charge in [-0.15, -0.1) is 0 Å². The minimum absolute atomic E-state index is 0.0466. The fourth-order valence-corrected chi connectivity index (χ4v) is 8.91. The van der Waals surface area contributed by atoms with Gasteiger partial charge < -0.3 is 26.4 Å². The molecule has 15 nitrogen and oxygen atoms in total. The van der Waals surface area contributed by atoms with Gasteiger partial charge in [-0.1, -0.05) is 91.0 Å². The Morgan fingerprint density at radius 3 is 2.02 bits per heavy atom. The number of nitrogens with zero attached hydrogens (tertiary/aromatic N) is 2. The summed E-state index contributed by atoms with van der Waals surface area (Å²) >= 11 is 0. The Balaban J connectivity index is 1.50. The Morgan fingerprint density at radius 2 is 1.46 bits per heavy atom. The zero-order valence-corrected chi connectivity index (χ0v) is 38.0. The third kappa shape index (κ3) is 13.3. The molecule has 0 spiro atoms. The largest absolute Gasteiger partial charge is 0.384 e. The van der Waals surface area contributed by atoms with E-state index in [-0.39, 0.29) is 36.2 Å². The molecule has 0 aliphatic carbocycles. The van der Waals surface area contributed by atoms with E-state index in [0.29, 0.717) is 60.8 Å². The number of piperazine rings is 1. The number of carbonyl (C=O) groups excluding carboxylic acids is 3. The highest BCUT2D eigenvalue weighted by Gasteiger charge is 2.41. The van der Waals surface area contributed by atoms with Crippen molar-refractivity contribution in [3.05, 3.63) is 137 Å². The Bertz CT molecular complexity index is 2270. The van der Waals surface area contributed by atoms with Crippen LogP contribution in [-0.4, -0.2) is 104 Å². The van der Waals surface area contributed by atoms with Gasteiger partial charge in [0.15, 0.2) is 0 Å². The molecule has 3 amide bonds. The zero-order chi connectivity index (χ0) is 46.0. The molecule has 8 N–H and O–H groups in total. The molecule has 1 saturated heterocycles. The maximum atomic E-state index is 14.5. The van der Waals surface area contributed by atoms with Gasteiger partial charge in [-0.3, -0.25) is 34.9 Å². The molecular weight excluding hydrogens is 819 g/mol. The van der Waals surface area contributed by atoms with Gasteiger partial charge in [-0.25, -0.2) is 13.1 Å². The summed E-state index contributed by atoms with van der Waals surface area (Å²) in [5, 5.41) is 20.3. The van der Waals surface area contributed by atoms with Crippen molar-refractivity contribution in [1.29, 1.82) is 5.41 Å². The zero-order valence-electron chi connectivity index (χ0n) is 37.2. The van der Waals surface area contributed by atoms with Crippen LogP contribution in [0.2, 0.25) is 0 Å². The maximum Gasteiger partial charge on any atom is 0.244 e. The van der Waals surface area contributed by atoms with Gasteiger partial charge in [0, 0.05) is 56.8 Å². The Hall–Kier alpha value is -5.49. The van der Waals surface area contributed by atoms with Crippen LogP contribution in [0, 0.1) is 5.41 Å². The first-order valence-electron chi connectivity index (χ1n) is 21.1. The Kier molecular flexibility index (Phi) is 16.4. The number of hydrogen-bond acceptors (Lipinski definition) is 10. The molecule has 4 aliphatic heterocycles. The third-order valence-corrected chi connectivity index (χ3v) is 13.1. The predicted molar refractivity (Wildman–Crippen MR) is 248 cm³/mol. The quantitative estimate of drug-likeness (QED) is 0.0888. The smallest absolute Gasteiger partial charge is 0.244 e. The maximum absolute atomic E-state index is 14.5. The van der Waals surface area contributed by atoms with Crippen molar-refractivity contribution in [3.8, 4) is 0 Å². The van der Waals surface area contributed by atoms with Crippen LogP contribution >= 0.6 is 0 Å². The van der Waals surface area contributed by atoms with Crippen LogP contribution in [0.4, 0.5) is 5.69 Å². The van der Waals surface area contributed by atoms with E-state index in [1.807, 2.05) is 52.0 Å². The summed E-state index contributed by atoms with van der Waals surface area (Å²) < 4.78 is 36.0. The van der Waals surface area contributed by atoms with Crippen molar-refractivity contribution in [2.45, 2.75) is 89.1 Å². The first-order valence-corrected chi connectivity index (χ1v) is 22.7. The molecule has 4 aliphatic rings. The van der Waals surface area contributed by atoms with Crippen molar-refractivity contribution in [1.82, 2.24) is 30.5 Å². The van der Waals surface area contributed by atoms with Crippen LogP contribution in [0.5, 0.6) is 0 Å². The summed E-state index contributed by atoms with van der Waals surface area (Å²) in [6.45, 7) is 16.1. The van der Waals surface area contributed by atoms with Gasteiger partial charge in [0.2, 0.25) is 27.7 Å². The normalized spacial score (nSPS) is 23.6. The number of amidine groups is 1. The summed E-state index contributed by atoms with van der Waals surface area (Å²) in [4.78, 5) is 46.4. The number of amides is 3. The lowest BCUT2D eigenvalue weighted by molar-refractivity contribution is -0.135. The summed E-state index contributed by atoms with van der Waals surface area (Å²) in [5.74, 6) is -1.41. The molecule has 7 rings (SSSR count). The molecule has 16 heteroatoms. The van der Waals surface area contributed by atoms with E-state index in [1.54, 1.807) is 79.7 Å². The van der Waals surface area contributed by atoms with E-state index < -0.39 is 45.3 Å². The lowest BCUT2D eigenvalue weighted by Gasteiger charge is -2.47. The number of methoxy groups -OCH3 is 1. The molecule has 3 aromatic carbocycles. The topological polar surface area (TPSA) is 211 Å². The highest BCUT2D eigenvalue weighted by atomic mass is 32.2. The minimum atomic E-state index is -4.06. The molecular formula is C47H63N9O6S. The molecule has 0 aromatic heterocycles. The molecule has 3 aromatic rings. The fourth-order valence-electron chi connectivity index (χ4n) is 7.57. The molecule has 63 heavy (non-hydrogen) atoms. The SMILES string of the molecule is C=C1C=CC(=CC)NC(=O)C(C)(C)N2CCN(CC2)C(C)(C)C(=O)Nc2ccc(cc2)CC(C(NCc2ccc(C(=N)N)cc2)OC)NC(=O)C(NS(=O)(=O)Cc2ccccc2)C1. The minimum Gasteiger partial charge on any atom is -0.384 e. The number of ether oxygens (including phenoxy) is 1. The molecule has 0 saturated carbocycles. The van der Waals surface area contributed by atoms with Gasteiger partial charge in [0.1, 0.15) is 18.1 Å². The number of sulfonamides is 1. The lowest BCUT2D eigenvalue weighted by atomic mass is 9.96. The highest BCUT2D eigenvalue weighted by molar-refractivity contribution is 7.88. The first kappa shape index (κ1) is 48.5. The molecule has 1 fully saturated rings. The van der Waals surface area contributed by atoms with Gasteiger partial charge in [0.05, 0.1) is 22.9 Å².